The molecule has 1 heterocycles. The predicted molar refractivity (Wildman–Crippen MR) is 132 cm³/mol. The maximum Gasteiger partial charge on any atom is 0.408 e. The second-order valence-corrected chi connectivity index (χ2v) is 8.30. The lowest BCUT2D eigenvalue weighted by atomic mass is 10.1. The second kappa shape index (κ2) is 10.4. The van der Waals surface area contributed by atoms with Gasteiger partial charge in [-0.2, -0.15) is 0 Å². The number of alkyl carbamates (subject to hydrolysis) is 1. The zero-order valence-electron chi connectivity index (χ0n) is 19.0. The third kappa shape index (κ3) is 5.53. The van der Waals surface area contributed by atoms with Crippen molar-refractivity contribution in [1.29, 1.82) is 0 Å². The number of nitrogens with one attached hydrogen (secondary N) is 1. The number of hydrogen-bond donors (Lipinski definition) is 1. The topological polar surface area (TPSA) is 94.8 Å². The average molecular weight is 492 g/mol. The highest BCUT2D eigenvalue weighted by molar-refractivity contribution is 6.33. The van der Waals surface area contributed by atoms with Gasteiger partial charge in [0.1, 0.15) is 12.2 Å². The highest BCUT2D eigenvalue weighted by Crippen LogP contribution is 2.32. The highest BCUT2D eigenvalue weighted by Gasteiger charge is 2.27. The first-order chi connectivity index (χ1) is 16.8. The number of carbonyl (C=O) groups is 2. The number of amides is 1. The van der Waals surface area contributed by atoms with Crippen LogP contribution in [-0.4, -0.2) is 12.1 Å². The van der Waals surface area contributed by atoms with Gasteiger partial charge in [-0.15, -0.1) is 0 Å². The Hall–Kier alpha value is -4.10. The molecule has 1 aromatic heterocycles. The van der Waals surface area contributed by atoms with Crippen LogP contribution in [0, 0.1) is 13.8 Å². The zero-order valence-corrected chi connectivity index (χ0v) is 19.8. The Kier molecular flexibility index (Phi) is 7.17. The number of ether oxygens (including phenoxy) is 2. The Morgan fingerprint density at radius 1 is 0.971 bits per heavy atom. The molecule has 0 fully saturated rings. The molecule has 1 N–H and O–H groups in total. The summed E-state index contributed by atoms with van der Waals surface area (Å²) in [4.78, 5) is 37.7. The van der Waals surface area contributed by atoms with E-state index in [4.69, 9.17) is 25.5 Å². The number of benzene rings is 3. The molecule has 0 saturated carbocycles. The molecule has 0 radical (unpaired) electrons. The van der Waals surface area contributed by atoms with E-state index in [9.17, 15) is 14.4 Å². The quantitative estimate of drug-likeness (QED) is 0.213. The number of hydrogen-bond acceptors (Lipinski definition) is 6. The van der Waals surface area contributed by atoms with Crippen molar-refractivity contribution >= 4 is 34.6 Å². The van der Waals surface area contributed by atoms with Crippen molar-refractivity contribution in [3.63, 3.8) is 0 Å². The molecule has 1 atom stereocenters. The van der Waals surface area contributed by atoms with Crippen LogP contribution in [0.5, 0.6) is 5.75 Å². The molecule has 1 amide bonds. The molecular weight excluding hydrogens is 470 g/mol. The van der Waals surface area contributed by atoms with Crippen LogP contribution in [0.3, 0.4) is 0 Å². The molecule has 0 aliphatic rings. The molecule has 1 unspecified atom stereocenters. The van der Waals surface area contributed by atoms with E-state index in [0.29, 0.717) is 16.5 Å². The monoisotopic (exact) mass is 491 g/mol. The van der Waals surface area contributed by atoms with E-state index >= 15 is 0 Å². The number of aryl methyl sites for hydroxylation is 1. The number of fused-ring (bicyclic) bond motifs is 1. The Labute approximate surface area is 206 Å². The van der Waals surface area contributed by atoms with E-state index < -0.39 is 23.7 Å². The molecule has 3 aromatic carbocycles. The van der Waals surface area contributed by atoms with Gasteiger partial charge in [0.2, 0.25) is 0 Å². The Morgan fingerprint density at radius 3 is 2.31 bits per heavy atom. The van der Waals surface area contributed by atoms with Gasteiger partial charge in [0.05, 0.1) is 5.02 Å². The fraction of sp³-hybridized carbons (Fsp3) is 0.148. The minimum absolute atomic E-state index is 0.00375. The fourth-order valence-electron chi connectivity index (χ4n) is 3.50. The van der Waals surface area contributed by atoms with Crippen molar-refractivity contribution in [3.05, 3.63) is 110 Å². The minimum atomic E-state index is -1.17. The lowest BCUT2D eigenvalue weighted by Gasteiger charge is -2.18. The van der Waals surface area contributed by atoms with Crippen molar-refractivity contribution in [2.75, 3.05) is 0 Å². The molecule has 4 rings (SSSR count). The smallest absolute Gasteiger partial charge is 0.408 e. The van der Waals surface area contributed by atoms with Crippen LogP contribution in [0.1, 0.15) is 28.3 Å². The van der Waals surface area contributed by atoms with Gasteiger partial charge in [0.15, 0.2) is 11.8 Å². The lowest BCUT2D eigenvalue weighted by Crippen LogP contribution is -2.36. The first kappa shape index (κ1) is 24.0. The molecular formula is C27H22ClNO6. The van der Waals surface area contributed by atoms with E-state index in [1.807, 2.05) is 30.3 Å². The summed E-state index contributed by atoms with van der Waals surface area (Å²) in [6.45, 7) is 3.49. The normalized spacial score (nSPS) is 11.6. The van der Waals surface area contributed by atoms with Crippen molar-refractivity contribution in [2.45, 2.75) is 26.5 Å². The van der Waals surface area contributed by atoms with Crippen LogP contribution in [0.15, 0.2) is 82.0 Å². The molecule has 178 valence electrons. The lowest BCUT2D eigenvalue weighted by molar-refractivity contribution is -0.136. The summed E-state index contributed by atoms with van der Waals surface area (Å²) in [5, 5.41) is 3.34. The van der Waals surface area contributed by atoms with E-state index in [0.717, 1.165) is 11.1 Å². The molecule has 0 saturated heterocycles. The minimum Gasteiger partial charge on any atom is -0.445 e. The first-order valence-electron chi connectivity index (χ1n) is 10.8. The molecule has 0 spiro atoms. The summed E-state index contributed by atoms with van der Waals surface area (Å²) in [5.41, 5.74) is 2.23. The Morgan fingerprint density at radius 2 is 1.63 bits per heavy atom. The Bertz CT molecular complexity index is 1430. The molecule has 0 aliphatic heterocycles. The summed E-state index contributed by atoms with van der Waals surface area (Å²) < 4.78 is 16.1. The van der Waals surface area contributed by atoms with Crippen LogP contribution < -0.4 is 15.7 Å². The SMILES string of the molecule is Cc1c(C)c2cc(Cl)c(OC(=O)C(NC(=O)OCc3ccccc3)c3ccccc3)cc2oc1=O. The van der Waals surface area contributed by atoms with Gasteiger partial charge in [-0.1, -0.05) is 72.3 Å². The van der Waals surface area contributed by atoms with Crippen molar-refractivity contribution < 1.29 is 23.5 Å². The summed E-state index contributed by atoms with van der Waals surface area (Å²) in [7, 11) is 0. The van der Waals surface area contributed by atoms with Crippen molar-refractivity contribution in [2.24, 2.45) is 0 Å². The molecule has 0 aliphatic carbocycles. The van der Waals surface area contributed by atoms with Crippen molar-refractivity contribution in [1.82, 2.24) is 5.32 Å². The van der Waals surface area contributed by atoms with E-state index in [2.05, 4.69) is 5.32 Å². The van der Waals surface area contributed by atoms with E-state index in [1.165, 1.54) is 6.07 Å². The van der Waals surface area contributed by atoms with Crippen molar-refractivity contribution in [3.8, 4) is 5.75 Å². The third-order valence-electron chi connectivity index (χ3n) is 5.56. The molecule has 0 bridgehead atoms. The predicted octanol–water partition coefficient (Wildman–Crippen LogP) is 5.64. The fourth-order valence-corrected chi connectivity index (χ4v) is 3.70. The van der Waals surface area contributed by atoms with E-state index in [1.54, 1.807) is 50.2 Å². The third-order valence-corrected chi connectivity index (χ3v) is 5.86. The van der Waals surface area contributed by atoms with Gasteiger partial charge in [-0.25, -0.2) is 14.4 Å². The Balaban J connectivity index is 1.57. The standard InChI is InChI=1S/C27H22ClNO6/c1-16-17(2)25(30)34-22-14-23(21(28)13-20(16)22)35-26(31)24(19-11-7-4-8-12-19)29-27(32)33-15-18-9-5-3-6-10-18/h3-14,24H,15H2,1-2H3,(H,29,32). The van der Waals surface area contributed by atoms with Crippen LogP contribution in [0.2, 0.25) is 5.02 Å². The number of rotatable bonds is 6. The molecule has 35 heavy (non-hydrogen) atoms. The summed E-state index contributed by atoms with van der Waals surface area (Å²) >= 11 is 6.38. The van der Waals surface area contributed by atoms with Gasteiger partial charge in [-0.3, -0.25) is 0 Å². The van der Waals surface area contributed by atoms with Gasteiger partial charge >= 0.3 is 17.7 Å². The number of halogens is 1. The van der Waals surface area contributed by atoms with Crippen LogP contribution >= 0.6 is 11.6 Å². The molecule has 7 nitrogen and oxygen atoms in total. The van der Waals surface area contributed by atoms with Crippen LogP contribution in [0.4, 0.5) is 4.79 Å². The summed E-state index contributed by atoms with van der Waals surface area (Å²) in [6, 6.07) is 19.6. The second-order valence-electron chi connectivity index (χ2n) is 7.89. The van der Waals surface area contributed by atoms with Crippen LogP contribution in [-0.2, 0) is 16.1 Å². The zero-order chi connectivity index (χ0) is 24.9. The number of esters is 1. The summed E-state index contributed by atoms with van der Waals surface area (Å²) in [6.07, 6.45) is -0.790. The maximum absolute atomic E-state index is 13.2. The van der Waals surface area contributed by atoms with Gasteiger partial charge in [0, 0.05) is 17.0 Å². The molecule has 8 heteroatoms. The summed E-state index contributed by atoms with van der Waals surface area (Å²) in [5.74, 6) is -0.795. The highest BCUT2D eigenvalue weighted by atomic mass is 35.5. The first-order valence-corrected chi connectivity index (χ1v) is 11.2. The van der Waals surface area contributed by atoms with Crippen LogP contribution in [0.25, 0.3) is 11.0 Å². The molecule has 4 aromatic rings. The maximum atomic E-state index is 13.2. The van der Waals surface area contributed by atoms with Gasteiger partial charge < -0.3 is 19.2 Å². The largest absolute Gasteiger partial charge is 0.445 e. The average Bonchev–Trinajstić information content (AvgIpc) is 2.87. The number of carbonyl (C=O) groups excluding carboxylic acids is 2. The van der Waals surface area contributed by atoms with E-state index in [-0.39, 0.29) is 23.0 Å². The van der Waals surface area contributed by atoms with Gasteiger partial charge in [0.25, 0.3) is 0 Å². The van der Waals surface area contributed by atoms with Gasteiger partial charge in [-0.05, 0) is 36.6 Å².